The molecule has 0 radical (unpaired) electrons. The maximum Gasteiger partial charge on any atom is 0.249 e. The fourth-order valence-electron chi connectivity index (χ4n) is 5.43. The number of aliphatic hydroxyl groups is 1. The summed E-state index contributed by atoms with van der Waals surface area (Å²) >= 11 is 0. The first-order valence-electron chi connectivity index (χ1n) is 16.1. The second kappa shape index (κ2) is 17.1. The van der Waals surface area contributed by atoms with Crippen molar-refractivity contribution in [2.24, 2.45) is 17.3 Å². The summed E-state index contributed by atoms with van der Waals surface area (Å²) in [5, 5.41) is 15.2. The molecule has 12 heteroatoms. The molecule has 11 nitrogen and oxygen atoms in total. The average molecular weight is 687 g/mol. The number of rotatable bonds is 16. The Balaban J connectivity index is 2.29. The van der Waals surface area contributed by atoms with Gasteiger partial charge in [-0.1, -0.05) is 97.0 Å². The van der Waals surface area contributed by atoms with Crippen molar-refractivity contribution in [1.29, 1.82) is 0 Å². The van der Waals surface area contributed by atoms with Crippen molar-refractivity contribution in [3.05, 3.63) is 77.5 Å². The van der Waals surface area contributed by atoms with E-state index in [-0.39, 0.29) is 36.7 Å². The maximum absolute atomic E-state index is 14.1. The molecule has 1 unspecified atom stereocenters. The van der Waals surface area contributed by atoms with E-state index >= 15 is 0 Å². The first kappa shape index (κ1) is 40.4. The van der Waals surface area contributed by atoms with E-state index in [4.69, 9.17) is 9.84 Å². The van der Waals surface area contributed by atoms with Gasteiger partial charge in [-0.2, -0.15) is 0 Å². The standard InChI is InChI=1S/C36H54N4O7S/c1-24(2)29(22-25(3)32(42)39-48(45,46)23-26-14-12-11-13-15-26)40(10)34(44)31(35(4,5)6)38-33(43)30(37-9)36(7,8)27-16-18-28(19-17-27)47-21-20-41/h11-19,22,24-25,30-31,37,41H,20-21,23H2,1-10H3,(H,38,43)(H,39,42)/b29-22+/t25?,30-,31-/m1/s1. The fourth-order valence-corrected chi connectivity index (χ4v) is 6.62. The quantitative estimate of drug-likeness (QED) is 0.208. The molecule has 0 saturated carbocycles. The average Bonchev–Trinajstić information content (AvgIpc) is 3.00. The molecule has 2 aromatic carbocycles. The molecule has 0 aliphatic heterocycles. The zero-order valence-electron chi connectivity index (χ0n) is 30.0. The highest BCUT2D eigenvalue weighted by molar-refractivity contribution is 7.89. The van der Waals surface area contributed by atoms with Crippen LogP contribution in [0.2, 0.25) is 0 Å². The van der Waals surface area contributed by atoms with Gasteiger partial charge in [-0.15, -0.1) is 0 Å². The Hall–Kier alpha value is -3.74. The van der Waals surface area contributed by atoms with Crippen LogP contribution >= 0.6 is 0 Å². The van der Waals surface area contributed by atoms with E-state index in [2.05, 4.69) is 15.4 Å². The van der Waals surface area contributed by atoms with Gasteiger partial charge in [0.1, 0.15) is 18.4 Å². The number of aliphatic hydroxyl groups excluding tert-OH is 1. The van der Waals surface area contributed by atoms with E-state index in [9.17, 15) is 22.8 Å². The molecule has 0 aromatic heterocycles. The van der Waals surface area contributed by atoms with E-state index in [1.165, 1.54) is 4.90 Å². The van der Waals surface area contributed by atoms with Crippen LogP contribution in [0.1, 0.15) is 66.5 Å². The summed E-state index contributed by atoms with van der Waals surface area (Å²) in [6.07, 6.45) is 1.59. The van der Waals surface area contributed by atoms with Crippen LogP contribution in [0.4, 0.5) is 0 Å². The van der Waals surface area contributed by atoms with E-state index < -0.39 is 44.8 Å². The Morgan fingerprint density at radius 3 is 2.00 bits per heavy atom. The minimum absolute atomic E-state index is 0.0968. The molecule has 0 spiro atoms. The van der Waals surface area contributed by atoms with Crippen molar-refractivity contribution in [3.8, 4) is 5.75 Å². The fraction of sp³-hybridized carbons (Fsp3) is 0.528. The number of amides is 3. The SMILES string of the molecule is CN[C@H](C(=O)N[C@H](C(=O)N(C)/C(=C/C(C)C(=O)NS(=O)(=O)Cc1ccccc1)C(C)C)C(C)(C)C)C(C)(C)c1ccc(OCCO)cc1. The van der Waals surface area contributed by atoms with Gasteiger partial charge in [-0.3, -0.25) is 19.1 Å². The van der Waals surface area contributed by atoms with Gasteiger partial charge in [-0.25, -0.2) is 8.42 Å². The summed E-state index contributed by atoms with van der Waals surface area (Å²) in [7, 11) is -0.661. The first-order valence-corrected chi connectivity index (χ1v) is 17.8. The normalized spacial score (nSPS) is 14.5. The summed E-state index contributed by atoms with van der Waals surface area (Å²) in [6.45, 7) is 14.8. The zero-order chi connectivity index (χ0) is 36.4. The molecule has 0 aliphatic carbocycles. The van der Waals surface area contributed by atoms with Crippen LogP contribution in [-0.2, 0) is 35.6 Å². The van der Waals surface area contributed by atoms with Gasteiger partial charge in [0.25, 0.3) is 0 Å². The molecule has 4 N–H and O–H groups in total. The van der Waals surface area contributed by atoms with E-state index in [0.29, 0.717) is 17.0 Å². The van der Waals surface area contributed by atoms with Gasteiger partial charge in [-0.05, 0) is 48.6 Å². The largest absolute Gasteiger partial charge is 0.491 e. The first-order chi connectivity index (χ1) is 22.2. The monoisotopic (exact) mass is 686 g/mol. The molecule has 0 saturated heterocycles. The molecule has 48 heavy (non-hydrogen) atoms. The van der Waals surface area contributed by atoms with Gasteiger partial charge in [0, 0.05) is 18.2 Å². The number of allylic oxidation sites excluding steroid dienone is 1. The van der Waals surface area contributed by atoms with Crippen LogP contribution in [-0.4, -0.2) is 75.5 Å². The lowest BCUT2D eigenvalue weighted by Gasteiger charge is -2.39. The van der Waals surface area contributed by atoms with E-state index in [1.54, 1.807) is 69.6 Å². The predicted octanol–water partition coefficient (Wildman–Crippen LogP) is 3.73. The van der Waals surface area contributed by atoms with Gasteiger partial charge in [0.2, 0.25) is 27.7 Å². The molecular formula is C36H54N4O7S. The Morgan fingerprint density at radius 1 is 0.917 bits per heavy atom. The Kier molecular flexibility index (Phi) is 14.4. The smallest absolute Gasteiger partial charge is 0.249 e. The van der Waals surface area contributed by atoms with Gasteiger partial charge < -0.3 is 25.4 Å². The number of nitrogens with one attached hydrogen (secondary N) is 3. The van der Waals surface area contributed by atoms with Crippen LogP contribution in [0.5, 0.6) is 5.75 Å². The molecular weight excluding hydrogens is 632 g/mol. The summed E-state index contributed by atoms with van der Waals surface area (Å²) < 4.78 is 33.0. The zero-order valence-corrected chi connectivity index (χ0v) is 30.8. The number of hydrogen-bond acceptors (Lipinski definition) is 8. The number of benzene rings is 2. The topological polar surface area (TPSA) is 154 Å². The molecule has 0 fully saturated rings. The van der Waals surface area contributed by atoms with E-state index in [0.717, 1.165) is 5.56 Å². The number of likely N-dealkylation sites (N-methyl/N-ethyl adjacent to an activating group) is 2. The summed E-state index contributed by atoms with van der Waals surface area (Å²) in [4.78, 5) is 42.5. The molecule has 0 bridgehead atoms. The van der Waals surface area contributed by atoms with Gasteiger partial charge in [0.15, 0.2) is 0 Å². The van der Waals surface area contributed by atoms with Gasteiger partial charge >= 0.3 is 0 Å². The second-order valence-corrected chi connectivity index (χ2v) is 15.7. The van der Waals surface area contributed by atoms with Crippen molar-refractivity contribution >= 4 is 27.7 Å². The third-order valence-corrected chi connectivity index (χ3v) is 9.46. The molecule has 2 aromatic rings. The number of sulfonamides is 1. The van der Waals surface area contributed by atoms with Crippen LogP contribution < -0.4 is 20.1 Å². The number of ether oxygens (including phenoxy) is 1. The minimum atomic E-state index is -3.94. The Morgan fingerprint density at radius 2 is 1.50 bits per heavy atom. The lowest BCUT2D eigenvalue weighted by atomic mass is 9.76. The highest BCUT2D eigenvalue weighted by Crippen LogP contribution is 2.30. The second-order valence-electron chi connectivity index (χ2n) is 14.0. The molecule has 0 heterocycles. The number of carbonyl (C=O) groups excluding carboxylic acids is 3. The summed E-state index contributed by atoms with van der Waals surface area (Å²) in [6, 6.07) is 14.2. The van der Waals surface area contributed by atoms with Crippen molar-refractivity contribution < 1.29 is 32.6 Å². The van der Waals surface area contributed by atoms with Crippen LogP contribution in [0.25, 0.3) is 0 Å². The molecule has 0 aliphatic rings. The molecule has 266 valence electrons. The van der Waals surface area contributed by atoms with Gasteiger partial charge in [0.05, 0.1) is 24.3 Å². The highest BCUT2D eigenvalue weighted by Gasteiger charge is 2.41. The van der Waals surface area contributed by atoms with Crippen LogP contribution in [0, 0.1) is 17.3 Å². The molecule has 3 atom stereocenters. The predicted molar refractivity (Wildman–Crippen MR) is 188 cm³/mol. The molecule has 3 amide bonds. The van der Waals surface area contributed by atoms with Crippen molar-refractivity contribution in [2.45, 2.75) is 78.6 Å². The summed E-state index contributed by atoms with van der Waals surface area (Å²) in [5.41, 5.74) is 0.548. The third kappa shape index (κ3) is 11.2. The minimum Gasteiger partial charge on any atom is -0.491 e. The van der Waals surface area contributed by atoms with Crippen LogP contribution in [0.15, 0.2) is 66.4 Å². The van der Waals surface area contributed by atoms with Crippen molar-refractivity contribution in [3.63, 3.8) is 0 Å². The number of carbonyl (C=O) groups is 3. The highest BCUT2D eigenvalue weighted by atomic mass is 32.2. The Bertz CT molecular complexity index is 1520. The number of nitrogens with zero attached hydrogens (tertiary/aromatic N) is 1. The lowest BCUT2D eigenvalue weighted by molar-refractivity contribution is -0.138. The van der Waals surface area contributed by atoms with E-state index in [1.807, 2.05) is 60.6 Å². The Labute approximate surface area is 286 Å². The lowest BCUT2D eigenvalue weighted by Crippen LogP contribution is -2.60. The number of hydrogen-bond donors (Lipinski definition) is 4. The molecule has 2 rings (SSSR count). The van der Waals surface area contributed by atoms with Crippen molar-refractivity contribution in [1.82, 2.24) is 20.3 Å². The van der Waals surface area contributed by atoms with Crippen molar-refractivity contribution in [2.75, 3.05) is 27.3 Å². The van der Waals surface area contributed by atoms with Crippen LogP contribution in [0.3, 0.4) is 0 Å². The third-order valence-electron chi connectivity index (χ3n) is 8.23. The summed E-state index contributed by atoms with van der Waals surface area (Å²) in [5.74, 6) is -2.27. The maximum atomic E-state index is 14.1.